The number of urea groups is 1. The SMILES string of the molecule is COc1ccccc1NC(=O)Nc1ccc(N)cc1O. The first-order valence-electron chi connectivity index (χ1n) is 5.89. The number of phenolic OH excluding ortho intramolecular Hbond substituents is 1. The number of nitrogen functional groups attached to an aromatic ring is 1. The van der Waals surface area contributed by atoms with Crippen molar-refractivity contribution >= 4 is 23.1 Å². The summed E-state index contributed by atoms with van der Waals surface area (Å²) < 4.78 is 5.13. The van der Waals surface area contributed by atoms with Crippen molar-refractivity contribution in [2.75, 3.05) is 23.5 Å². The Hall–Kier alpha value is -2.89. The molecule has 2 aromatic carbocycles. The first kappa shape index (κ1) is 13.5. The maximum atomic E-state index is 11.9. The number of ether oxygens (including phenoxy) is 1. The van der Waals surface area contributed by atoms with Crippen LogP contribution in [0.3, 0.4) is 0 Å². The number of benzene rings is 2. The number of para-hydroxylation sites is 2. The standard InChI is InChI=1S/C14H15N3O3/c1-20-13-5-3-2-4-11(13)17-14(19)16-10-7-6-9(15)8-12(10)18/h2-8,18H,15H2,1H3,(H2,16,17,19). The zero-order chi connectivity index (χ0) is 14.5. The highest BCUT2D eigenvalue weighted by atomic mass is 16.5. The molecule has 0 spiro atoms. The lowest BCUT2D eigenvalue weighted by atomic mass is 10.2. The maximum absolute atomic E-state index is 11.9. The summed E-state index contributed by atoms with van der Waals surface area (Å²) in [5, 5.41) is 14.8. The normalized spacial score (nSPS) is 9.85. The Balaban J connectivity index is 2.09. The minimum absolute atomic E-state index is 0.0971. The predicted octanol–water partition coefficient (Wildman–Crippen LogP) is 2.63. The van der Waals surface area contributed by atoms with Gasteiger partial charge in [-0.1, -0.05) is 12.1 Å². The molecule has 2 aromatic rings. The van der Waals surface area contributed by atoms with Crippen LogP contribution in [0.4, 0.5) is 21.9 Å². The molecule has 0 atom stereocenters. The summed E-state index contributed by atoms with van der Waals surface area (Å²) in [6, 6.07) is 11.0. The number of amides is 2. The van der Waals surface area contributed by atoms with Gasteiger partial charge in [0.1, 0.15) is 11.5 Å². The number of carbonyl (C=O) groups excluding carboxylic acids is 1. The molecule has 0 fully saturated rings. The lowest BCUT2D eigenvalue weighted by molar-refractivity contribution is 0.262. The highest BCUT2D eigenvalue weighted by Crippen LogP contribution is 2.26. The van der Waals surface area contributed by atoms with Gasteiger partial charge >= 0.3 is 6.03 Å². The summed E-state index contributed by atoms with van der Waals surface area (Å²) in [6.07, 6.45) is 0. The molecule has 0 aromatic heterocycles. The molecule has 0 aliphatic carbocycles. The third kappa shape index (κ3) is 3.11. The highest BCUT2D eigenvalue weighted by Gasteiger charge is 2.09. The molecule has 0 saturated carbocycles. The van der Waals surface area contributed by atoms with Gasteiger partial charge in [0.25, 0.3) is 0 Å². The van der Waals surface area contributed by atoms with Crippen molar-refractivity contribution < 1.29 is 14.6 Å². The van der Waals surface area contributed by atoms with Gasteiger partial charge in [0.2, 0.25) is 0 Å². The minimum atomic E-state index is -0.491. The smallest absolute Gasteiger partial charge is 0.323 e. The molecule has 0 saturated heterocycles. The van der Waals surface area contributed by atoms with Crippen LogP contribution in [0, 0.1) is 0 Å². The lowest BCUT2D eigenvalue weighted by Crippen LogP contribution is -2.19. The summed E-state index contributed by atoms with van der Waals surface area (Å²) in [5.41, 5.74) is 6.73. The summed E-state index contributed by atoms with van der Waals surface area (Å²) >= 11 is 0. The van der Waals surface area contributed by atoms with Crippen LogP contribution < -0.4 is 21.1 Å². The zero-order valence-electron chi connectivity index (χ0n) is 10.9. The van der Waals surface area contributed by atoms with E-state index >= 15 is 0 Å². The zero-order valence-corrected chi connectivity index (χ0v) is 10.9. The van der Waals surface area contributed by atoms with Crippen molar-refractivity contribution in [1.82, 2.24) is 0 Å². The molecule has 0 bridgehead atoms. The fourth-order valence-electron chi connectivity index (χ4n) is 1.68. The summed E-state index contributed by atoms with van der Waals surface area (Å²) in [4.78, 5) is 11.9. The van der Waals surface area contributed by atoms with Crippen molar-refractivity contribution in [3.8, 4) is 11.5 Å². The van der Waals surface area contributed by atoms with Crippen LogP contribution in [-0.2, 0) is 0 Å². The Morgan fingerprint density at radius 1 is 1.15 bits per heavy atom. The number of aromatic hydroxyl groups is 1. The van der Waals surface area contributed by atoms with Gasteiger partial charge in [-0.2, -0.15) is 0 Å². The largest absolute Gasteiger partial charge is 0.506 e. The van der Waals surface area contributed by atoms with Gasteiger partial charge in [-0.3, -0.25) is 0 Å². The number of methoxy groups -OCH3 is 1. The Kier molecular flexibility index (Phi) is 3.95. The summed E-state index contributed by atoms with van der Waals surface area (Å²) in [5.74, 6) is 0.448. The quantitative estimate of drug-likeness (QED) is 0.510. The van der Waals surface area contributed by atoms with Crippen LogP contribution in [0.1, 0.15) is 0 Å². The second kappa shape index (κ2) is 5.83. The molecule has 0 heterocycles. The molecular formula is C14H15N3O3. The molecule has 0 unspecified atom stereocenters. The summed E-state index contributed by atoms with van der Waals surface area (Å²) in [6.45, 7) is 0. The predicted molar refractivity (Wildman–Crippen MR) is 78.2 cm³/mol. The Labute approximate surface area is 116 Å². The molecule has 5 N–H and O–H groups in total. The topological polar surface area (TPSA) is 96.6 Å². The second-order valence-electron chi connectivity index (χ2n) is 4.06. The molecule has 0 aliphatic heterocycles. The fourth-order valence-corrected chi connectivity index (χ4v) is 1.68. The number of carbonyl (C=O) groups is 1. The summed E-state index contributed by atoms with van der Waals surface area (Å²) in [7, 11) is 1.52. The Morgan fingerprint density at radius 3 is 2.55 bits per heavy atom. The molecule has 2 amide bonds. The van der Waals surface area contributed by atoms with Crippen molar-refractivity contribution in [2.24, 2.45) is 0 Å². The van der Waals surface area contributed by atoms with E-state index in [9.17, 15) is 9.90 Å². The number of nitrogens with one attached hydrogen (secondary N) is 2. The van der Waals surface area contributed by atoms with E-state index in [-0.39, 0.29) is 11.4 Å². The molecule has 20 heavy (non-hydrogen) atoms. The van der Waals surface area contributed by atoms with E-state index in [1.54, 1.807) is 30.3 Å². The van der Waals surface area contributed by atoms with Crippen molar-refractivity contribution in [1.29, 1.82) is 0 Å². The monoisotopic (exact) mass is 273 g/mol. The fraction of sp³-hybridized carbons (Fsp3) is 0.0714. The highest BCUT2D eigenvalue weighted by molar-refractivity contribution is 6.01. The van der Waals surface area contributed by atoms with Gasteiger partial charge in [0.15, 0.2) is 0 Å². The molecule has 104 valence electrons. The number of nitrogens with two attached hydrogens (primary N) is 1. The third-order valence-corrected chi connectivity index (χ3v) is 2.63. The van der Waals surface area contributed by atoms with Gasteiger partial charge in [-0.15, -0.1) is 0 Å². The van der Waals surface area contributed by atoms with Crippen LogP contribution in [-0.4, -0.2) is 18.2 Å². The molecule has 0 aliphatic rings. The second-order valence-corrected chi connectivity index (χ2v) is 4.06. The van der Waals surface area contributed by atoms with Gasteiger partial charge in [0, 0.05) is 11.8 Å². The van der Waals surface area contributed by atoms with Crippen molar-refractivity contribution in [3.05, 3.63) is 42.5 Å². The Morgan fingerprint density at radius 2 is 1.85 bits per heavy atom. The third-order valence-electron chi connectivity index (χ3n) is 2.63. The molecule has 0 radical (unpaired) electrons. The van der Waals surface area contributed by atoms with E-state index < -0.39 is 6.03 Å². The van der Waals surface area contributed by atoms with Crippen LogP contribution in [0.15, 0.2) is 42.5 Å². The van der Waals surface area contributed by atoms with Gasteiger partial charge in [-0.05, 0) is 24.3 Å². The average molecular weight is 273 g/mol. The van der Waals surface area contributed by atoms with Gasteiger partial charge in [0.05, 0.1) is 18.5 Å². The molecule has 6 nitrogen and oxygen atoms in total. The Bertz CT molecular complexity index is 629. The number of rotatable bonds is 3. The van der Waals surface area contributed by atoms with E-state index in [0.29, 0.717) is 17.1 Å². The van der Waals surface area contributed by atoms with Gasteiger partial charge < -0.3 is 26.2 Å². The lowest BCUT2D eigenvalue weighted by Gasteiger charge is -2.11. The van der Waals surface area contributed by atoms with E-state index in [1.165, 1.54) is 19.2 Å². The molecule has 6 heteroatoms. The number of phenols is 1. The van der Waals surface area contributed by atoms with Crippen molar-refractivity contribution in [2.45, 2.75) is 0 Å². The minimum Gasteiger partial charge on any atom is -0.506 e. The van der Waals surface area contributed by atoms with Crippen LogP contribution >= 0.6 is 0 Å². The van der Waals surface area contributed by atoms with Crippen LogP contribution in [0.5, 0.6) is 11.5 Å². The average Bonchev–Trinajstić information content (AvgIpc) is 2.42. The van der Waals surface area contributed by atoms with Crippen LogP contribution in [0.2, 0.25) is 0 Å². The van der Waals surface area contributed by atoms with E-state index in [0.717, 1.165) is 0 Å². The maximum Gasteiger partial charge on any atom is 0.323 e. The van der Waals surface area contributed by atoms with E-state index in [1.807, 2.05) is 0 Å². The van der Waals surface area contributed by atoms with Crippen molar-refractivity contribution in [3.63, 3.8) is 0 Å². The molecular weight excluding hydrogens is 258 g/mol. The van der Waals surface area contributed by atoms with Gasteiger partial charge in [-0.25, -0.2) is 4.79 Å². The first-order valence-corrected chi connectivity index (χ1v) is 5.89. The number of hydrogen-bond donors (Lipinski definition) is 4. The van der Waals surface area contributed by atoms with E-state index in [2.05, 4.69) is 10.6 Å². The first-order chi connectivity index (χ1) is 9.60. The molecule has 2 rings (SSSR count). The van der Waals surface area contributed by atoms with E-state index in [4.69, 9.17) is 10.5 Å². The van der Waals surface area contributed by atoms with Crippen LogP contribution in [0.25, 0.3) is 0 Å². The number of hydrogen-bond acceptors (Lipinski definition) is 4. The number of anilines is 3.